The third kappa shape index (κ3) is 3.53. The number of carbonyl (C=O) groups is 1. The van der Waals surface area contributed by atoms with E-state index < -0.39 is 23.1 Å². The first-order valence-corrected chi connectivity index (χ1v) is 9.80. The van der Waals surface area contributed by atoms with Crippen LogP contribution in [0.15, 0.2) is 45.1 Å². The molecule has 0 bridgehead atoms. The molecule has 1 unspecified atom stereocenters. The third-order valence-electron chi connectivity index (χ3n) is 5.29. The van der Waals surface area contributed by atoms with Gasteiger partial charge in [0.25, 0.3) is 5.56 Å². The second-order valence-electron chi connectivity index (χ2n) is 8.00. The topological polar surface area (TPSA) is 85.6 Å². The van der Waals surface area contributed by atoms with Crippen molar-refractivity contribution >= 4 is 17.5 Å². The fraction of sp³-hybridized carbons (Fsp3) is 0.409. The number of hydrogen-bond donors (Lipinski definition) is 1. The molecule has 1 aliphatic rings. The Kier molecular flexibility index (Phi) is 5.61. The van der Waals surface area contributed by atoms with Gasteiger partial charge in [-0.25, -0.2) is 9.59 Å². The number of fused-ring (bicyclic) bond motifs is 1. The number of aromatic nitrogens is 2. The van der Waals surface area contributed by atoms with E-state index in [1.807, 2.05) is 43.3 Å². The monoisotopic (exact) mass is 412 g/mol. The smallest absolute Gasteiger partial charge is 0.337 e. The van der Waals surface area contributed by atoms with Crippen molar-refractivity contribution in [1.82, 2.24) is 9.13 Å². The quantitative estimate of drug-likeness (QED) is 0.773. The standard InChI is InChI=1S/C22H28N4O4/c1-12(2)30-21(28)16-13(3)23-19-18(20(27)26(7)22(29)25(19)6)17(16)14-8-10-15(11-9-14)24(4)5/h8-12,17,23H,1-7H3. The minimum atomic E-state index is -0.658. The largest absolute Gasteiger partial charge is 0.460 e. The Bertz CT molecular complexity index is 1140. The Morgan fingerprint density at radius 1 is 1.10 bits per heavy atom. The van der Waals surface area contributed by atoms with Crippen LogP contribution in [0.5, 0.6) is 0 Å². The van der Waals surface area contributed by atoms with Crippen LogP contribution >= 0.6 is 0 Å². The summed E-state index contributed by atoms with van der Waals surface area (Å²) >= 11 is 0. The van der Waals surface area contributed by atoms with Crippen LogP contribution in [0.1, 0.15) is 37.8 Å². The molecule has 0 amide bonds. The van der Waals surface area contributed by atoms with Gasteiger partial charge in [-0.05, 0) is 38.5 Å². The number of anilines is 2. The van der Waals surface area contributed by atoms with Crippen molar-refractivity contribution in [2.45, 2.75) is 32.8 Å². The molecule has 1 N–H and O–H groups in total. The Morgan fingerprint density at radius 2 is 1.70 bits per heavy atom. The maximum absolute atomic E-state index is 13.2. The molecule has 3 rings (SSSR count). The van der Waals surface area contributed by atoms with Gasteiger partial charge in [0.1, 0.15) is 5.82 Å². The second-order valence-corrected chi connectivity index (χ2v) is 8.00. The summed E-state index contributed by atoms with van der Waals surface area (Å²) in [6.45, 7) is 5.31. The van der Waals surface area contributed by atoms with Crippen molar-refractivity contribution < 1.29 is 9.53 Å². The van der Waals surface area contributed by atoms with E-state index in [1.165, 1.54) is 11.6 Å². The molecular formula is C22H28N4O4. The molecule has 1 atom stereocenters. The van der Waals surface area contributed by atoms with Crippen molar-refractivity contribution in [2.24, 2.45) is 14.1 Å². The lowest BCUT2D eigenvalue weighted by atomic mass is 9.82. The maximum Gasteiger partial charge on any atom is 0.337 e. The fourth-order valence-corrected chi connectivity index (χ4v) is 3.73. The Hall–Kier alpha value is -3.29. The lowest BCUT2D eigenvalue weighted by Crippen LogP contribution is -2.43. The zero-order valence-corrected chi connectivity index (χ0v) is 18.4. The summed E-state index contributed by atoms with van der Waals surface area (Å²) in [5, 5.41) is 3.09. The molecule has 2 aromatic rings. The molecule has 8 heteroatoms. The van der Waals surface area contributed by atoms with Crippen molar-refractivity contribution in [3.05, 3.63) is 67.5 Å². The SMILES string of the molecule is CC1=C(C(=O)OC(C)C)C(c2ccc(N(C)C)cc2)c2c(n(C)c(=O)n(C)c2=O)N1. The van der Waals surface area contributed by atoms with Gasteiger partial charge in [-0.15, -0.1) is 0 Å². The minimum Gasteiger partial charge on any atom is -0.460 e. The number of ether oxygens (including phenoxy) is 1. The first-order valence-electron chi connectivity index (χ1n) is 9.80. The van der Waals surface area contributed by atoms with Gasteiger partial charge in [0, 0.05) is 39.6 Å². The predicted molar refractivity (Wildman–Crippen MR) is 117 cm³/mol. The van der Waals surface area contributed by atoms with E-state index in [9.17, 15) is 14.4 Å². The zero-order valence-electron chi connectivity index (χ0n) is 18.4. The molecule has 2 heterocycles. The third-order valence-corrected chi connectivity index (χ3v) is 5.29. The lowest BCUT2D eigenvalue weighted by molar-refractivity contribution is -0.143. The molecule has 30 heavy (non-hydrogen) atoms. The molecular weight excluding hydrogens is 384 g/mol. The first kappa shape index (κ1) is 21.4. The van der Waals surface area contributed by atoms with Gasteiger partial charge in [0.05, 0.1) is 23.2 Å². The summed E-state index contributed by atoms with van der Waals surface area (Å²) < 4.78 is 7.95. The molecule has 0 radical (unpaired) electrons. The molecule has 0 saturated carbocycles. The molecule has 0 spiro atoms. The van der Waals surface area contributed by atoms with Crippen molar-refractivity contribution in [1.29, 1.82) is 0 Å². The zero-order chi connectivity index (χ0) is 22.3. The molecule has 1 aromatic carbocycles. The second kappa shape index (κ2) is 7.85. The van der Waals surface area contributed by atoms with Gasteiger partial charge >= 0.3 is 11.7 Å². The molecule has 0 aliphatic carbocycles. The summed E-state index contributed by atoms with van der Waals surface area (Å²) in [6, 6.07) is 7.67. The van der Waals surface area contributed by atoms with Gasteiger partial charge in [0.2, 0.25) is 0 Å². The molecule has 160 valence electrons. The number of esters is 1. The van der Waals surface area contributed by atoms with Crippen LogP contribution < -0.4 is 21.5 Å². The number of hydrogen-bond acceptors (Lipinski definition) is 6. The van der Waals surface area contributed by atoms with Gasteiger partial charge in [0.15, 0.2) is 0 Å². The van der Waals surface area contributed by atoms with Gasteiger partial charge in [-0.3, -0.25) is 13.9 Å². The van der Waals surface area contributed by atoms with Crippen LogP contribution in [0.4, 0.5) is 11.5 Å². The van der Waals surface area contributed by atoms with Gasteiger partial charge in [-0.2, -0.15) is 0 Å². The van der Waals surface area contributed by atoms with E-state index in [2.05, 4.69) is 5.32 Å². The highest BCUT2D eigenvalue weighted by molar-refractivity contribution is 5.94. The number of rotatable bonds is 4. The Balaban J connectivity index is 2.31. The molecule has 1 aromatic heterocycles. The van der Waals surface area contributed by atoms with Crippen LogP contribution in [0, 0.1) is 0 Å². The Morgan fingerprint density at radius 3 is 2.23 bits per heavy atom. The summed E-state index contributed by atoms with van der Waals surface area (Å²) in [5.74, 6) is -0.754. The molecule has 8 nitrogen and oxygen atoms in total. The van der Waals surface area contributed by atoms with E-state index in [0.29, 0.717) is 22.7 Å². The maximum atomic E-state index is 13.2. The van der Waals surface area contributed by atoms with Crippen LogP contribution in [0.2, 0.25) is 0 Å². The highest BCUT2D eigenvalue weighted by atomic mass is 16.5. The van der Waals surface area contributed by atoms with Crippen LogP contribution in [-0.2, 0) is 23.6 Å². The number of benzene rings is 1. The van der Waals surface area contributed by atoms with Crippen LogP contribution in [0.3, 0.4) is 0 Å². The summed E-state index contributed by atoms with van der Waals surface area (Å²) in [6.07, 6.45) is -0.307. The first-order chi connectivity index (χ1) is 14.0. The lowest BCUT2D eigenvalue weighted by Gasteiger charge is -2.31. The fourth-order valence-electron chi connectivity index (χ4n) is 3.73. The number of nitrogens with one attached hydrogen (secondary N) is 1. The van der Waals surface area contributed by atoms with Crippen LogP contribution in [0.25, 0.3) is 0 Å². The van der Waals surface area contributed by atoms with Gasteiger partial charge in [-0.1, -0.05) is 12.1 Å². The highest BCUT2D eigenvalue weighted by Crippen LogP contribution is 2.40. The molecule has 1 aliphatic heterocycles. The van der Waals surface area contributed by atoms with Crippen molar-refractivity contribution in [2.75, 3.05) is 24.3 Å². The summed E-state index contributed by atoms with van der Waals surface area (Å²) in [5.41, 5.74) is 2.15. The molecule has 0 fully saturated rings. The average molecular weight is 412 g/mol. The van der Waals surface area contributed by atoms with Crippen LogP contribution in [-0.4, -0.2) is 35.3 Å². The molecule has 0 saturated heterocycles. The van der Waals surface area contributed by atoms with E-state index in [0.717, 1.165) is 15.8 Å². The number of allylic oxidation sites excluding steroid dienone is 1. The minimum absolute atomic E-state index is 0.307. The highest BCUT2D eigenvalue weighted by Gasteiger charge is 2.37. The van der Waals surface area contributed by atoms with E-state index in [-0.39, 0.29) is 6.10 Å². The van der Waals surface area contributed by atoms with Crippen molar-refractivity contribution in [3.8, 4) is 0 Å². The number of nitrogens with zero attached hydrogens (tertiary/aromatic N) is 3. The Labute approximate surface area is 175 Å². The summed E-state index contributed by atoms with van der Waals surface area (Å²) in [7, 11) is 6.92. The predicted octanol–water partition coefficient (Wildman–Crippen LogP) is 1.93. The number of carbonyl (C=O) groups excluding carboxylic acids is 1. The summed E-state index contributed by atoms with van der Waals surface area (Å²) in [4.78, 5) is 40.6. The van der Waals surface area contributed by atoms with E-state index in [4.69, 9.17) is 4.74 Å². The average Bonchev–Trinajstić information content (AvgIpc) is 2.69. The van der Waals surface area contributed by atoms with Gasteiger partial charge < -0.3 is 15.0 Å². The van der Waals surface area contributed by atoms with Crippen molar-refractivity contribution in [3.63, 3.8) is 0 Å². The van der Waals surface area contributed by atoms with E-state index >= 15 is 0 Å². The van der Waals surface area contributed by atoms with E-state index in [1.54, 1.807) is 27.8 Å². The normalized spacial score (nSPS) is 15.7.